The molecule has 0 unspecified atom stereocenters. The Morgan fingerprint density at radius 2 is 1.97 bits per heavy atom. The van der Waals surface area contributed by atoms with E-state index in [1.54, 1.807) is 11.0 Å². The van der Waals surface area contributed by atoms with Gasteiger partial charge in [0, 0.05) is 18.3 Å². The topological polar surface area (TPSA) is 73.1 Å². The fraction of sp³-hybridized carbons (Fsp3) is 0.370. The largest absolute Gasteiger partial charge is 0.465 e. The zero-order chi connectivity index (χ0) is 25.8. The van der Waals surface area contributed by atoms with Crippen molar-refractivity contribution in [2.24, 2.45) is 0 Å². The molecule has 0 saturated carbocycles. The second kappa shape index (κ2) is 8.89. The van der Waals surface area contributed by atoms with Crippen LogP contribution in [0.15, 0.2) is 36.5 Å². The molecule has 2 aromatic carbocycles. The van der Waals surface area contributed by atoms with Crippen LogP contribution >= 0.6 is 11.3 Å². The first-order valence-corrected chi connectivity index (χ1v) is 12.7. The summed E-state index contributed by atoms with van der Waals surface area (Å²) in [6.07, 6.45) is 3.04. The van der Waals surface area contributed by atoms with E-state index >= 15 is 4.39 Å². The van der Waals surface area contributed by atoms with Crippen molar-refractivity contribution < 1.29 is 23.5 Å². The Balaban J connectivity index is 1.45. The first-order valence-electron chi connectivity index (χ1n) is 11.9. The maximum absolute atomic E-state index is 15.4. The summed E-state index contributed by atoms with van der Waals surface area (Å²) in [5.74, 6) is -0.765. The number of imidazole rings is 1. The quantitative estimate of drug-likeness (QED) is 0.294. The number of thiazole rings is 1. The Hall–Kier alpha value is -3.46. The van der Waals surface area contributed by atoms with Crippen molar-refractivity contribution in [2.45, 2.75) is 52.2 Å². The van der Waals surface area contributed by atoms with Crippen LogP contribution in [0.4, 0.5) is 9.18 Å². The van der Waals surface area contributed by atoms with Gasteiger partial charge < -0.3 is 14.4 Å². The number of nitrogens with zero attached hydrogens (tertiary/aromatic N) is 3. The highest BCUT2D eigenvalue weighted by atomic mass is 32.1. The molecule has 0 spiro atoms. The summed E-state index contributed by atoms with van der Waals surface area (Å²) in [6, 6.07) is 8.60. The van der Waals surface area contributed by atoms with Crippen molar-refractivity contribution in [2.75, 3.05) is 13.7 Å². The van der Waals surface area contributed by atoms with Crippen molar-refractivity contribution in [3.63, 3.8) is 0 Å². The number of halogens is 1. The lowest BCUT2D eigenvalue weighted by atomic mass is 10.0. The Morgan fingerprint density at radius 1 is 1.19 bits per heavy atom. The number of hydrogen-bond acceptors (Lipinski definition) is 6. The van der Waals surface area contributed by atoms with Gasteiger partial charge in [-0.15, -0.1) is 0 Å². The van der Waals surface area contributed by atoms with Gasteiger partial charge in [0.05, 0.1) is 34.6 Å². The van der Waals surface area contributed by atoms with Crippen LogP contribution in [0.3, 0.4) is 0 Å². The minimum atomic E-state index is -0.586. The van der Waals surface area contributed by atoms with Gasteiger partial charge in [-0.3, -0.25) is 4.40 Å². The van der Waals surface area contributed by atoms with Crippen LogP contribution in [-0.4, -0.2) is 45.6 Å². The molecule has 5 rings (SSSR count). The fourth-order valence-electron chi connectivity index (χ4n) is 4.71. The van der Waals surface area contributed by atoms with Crippen molar-refractivity contribution in [1.29, 1.82) is 0 Å². The molecule has 2 aromatic heterocycles. The molecule has 0 N–H and O–H groups in total. The van der Waals surface area contributed by atoms with Crippen LogP contribution in [0.5, 0.6) is 0 Å². The number of aryl methyl sites for hydroxylation is 1. The van der Waals surface area contributed by atoms with Gasteiger partial charge in [0.1, 0.15) is 11.4 Å². The van der Waals surface area contributed by atoms with E-state index in [1.807, 2.05) is 56.5 Å². The standard InChI is InChI=1S/C27H28FN3O4S/c1-15-11-22-23(13-18(15)24(32)34-5)36-25-29-20(14-31(22)25)17-9-8-16(12-19(17)28)21-7-6-10-30(21)26(33)35-27(2,3)4/h8-9,11-14,21H,6-7,10H2,1-5H3/t21-/m1/s1. The smallest absolute Gasteiger partial charge is 0.410 e. The summed E-state index contributed by atoms with van der Waals surface area (Å²) in [4.78, 5) is 31.8. The lowest BCUT2D eigenvalue weighted by Gasteiger charge is -2.29. The molecule has 9 heteroatoms. The van der Waals surface area contributed by atoms with E-state index in [4.69, 9.17) is 9.47 Å². The number of fused-ring (bicyclic) bond motifs is 3. The van der Waals surface area contributed by atoms with E-state index < -0.39 is 5.60 Å². The summed E-state index contributed by atoms with van der Waals surface area (Å²) >= 11 is 1.43. The number of hydrogen-bond donors (Lipinski definition) is 0. The number of amides is 1. The number of ether oxygens (including phenoxy) is 2. The van der Waals surface area contributed by atoms with E-state index in [9.17, 15) is 9.59 Å². The predicted octanol–water partition coefficient (Wildman–Crippen LogP) is 6.52. The summed E-state index contributed by atoms with van der Waals surface area (Å²) in [5, 5.41) is 0. The van der Waals surface area contributed by atoms with Crippen LogP contribution in [0.2, 0.25) is 0 Å². The number of methoxy groups -OCH3 is 1. The number of esters is 1. The molecule has 4 aromatic rings. The summed E-state index contributed by atoms with van der Waals surface area (Å²) in [6.45, 7) is 7.95. The molecule has 0 radical (unpaired) electrons. The van der Waals surface area contributed by atoms with Gasteiger partial charge in [0.2, 0.25) is 0 Å². The Kier molecular flexibility index (Phi) is 5.98. The number of carbonyl (C=O) groups is 2. The van der Waals surface area contributed by atoms with Crippen molar-refractivity contribution in [1.82, 2.24) is 14.3 Å². The molecule has 0 bridgehead atoms. The van der Waals surface area contributed by atoms with Gasteiger partial charge >= 0.3 is 12.1 Å². The normalized spacial score (nSPS) is 16.2. The summed E-state index contributed by atoms with van der Waals surface area (Å²) < 4.78 is 28.6. The molecule has 1 amide bonds. The van der Waals surface area contributed by atoms with E-state index in [1.165, 1.54) is 24.5 Å². The average molecular weight is 510 g/mol. The van der Waals surface area contributed by atoms with Crippen LogP contribution in [-0.2, 0) is 9.47 Å². The molecule has 36 heavy (non-hydrogen) atoms. The van der Waals surface area contributed by atoms with Gasteiger partial charge in [-0.05, 0) is 75.9 Å². The van der Waals surface area contributed by atoms with E-state index in [0.29, 0.717) is 28.3 Å². The SMILES string of the molecule is COC(=O)c1cc2sc3nc(-c4ccc([C@H]5CCCN5C(=O)OC(C)(C)C)cc4F)cn3c2cc1C. The molecule has 1 aliphatic rings. The Bertz CT molecular complexity index is 1500. The molecule has 0 aliphatic carbocycles. The van der Waals surface area contributed by atoms with E-state index in [2.05, 4.69) is 4.98 Å². The summed E-state index contributed by atoms with van der Waals surface area (Å²) in [5.41, 5.74) is 3.29. The first-order chi connectivity index (χ1) is 17.1. The van der Waals surface area contributed by atoms with Crippen molar-refractivity contribution in [3.05, 3.63) is 59.0 Å². The van der Waals surface area contributed by atoms with Crippen LogP contribution in [0.25, 0.3) is 26.4 Å². The fourth-order valence-corrected chi connectivity index (χ4v) is 5.74. The second-order valence-corrected chi connectivity index (χ2v) is 11.1. The maximum Gasteiger partial charge on any atom is 0.410 e. The number of rotatable bonds is 3. The molecule has 188 valence electrons. The van der Waals surface area contributed by atoms with Gasteiger partial charge in [-0.1, -0.05) is 17.4 Å². The highest BCUT2D eigenvalue weighted by Gasteiger charge is 2.33. The lowest BCUT2D eigenvalue weighted by Crippen LogP contribution is -2.36. The predicted molar refractivity (Wildman–Crippen MR) is 137 cm³/mol. The molecule has 1 atom stereocenters. The monoisotopic (exact) mass is 509 g/mol. The van der Waals surface area contributed by atoms with Crippen LogP contribution in [0.1, 0.15) is 61.1 Å². The van der Waals surface area contributed by atoms with Gasteiger partial charge in [0.15, 0.2) is 4.96 Å². The molecule has 1 aliphatic heterocycles. The molecule has 7 nitrogen and oxygen atoms in total. The number of carbonyl (C=O) groups excluding carboxylic acids is 2. The van der Waals surface area contributed by atoms with Crippen molar-refractivity contribution in [3.8, 4) is 11.3 Å². The van der Waals surface area contributed by atoms with E-state index in [0.717, 1.165) is 34.2 Å². The zero-order valence-corrected chi connectivity index (χ0v) is 21.7. The maximum atomic E-state index is 15.4. The number of benzene rings is 2. The molecule has 1 saturated heterocycles. The second-order valence-electron chi connectivity index (χ2n) is 10.1. The molecular formula is C27H28FN3O4S. The molecule has 3 heterocycles. The third-order valence-electron chi connectivity index (χ3n) is 6.38. The third-order valence-corrected chi connectivity index (χ3v) is 7.40. The molecular weight excluding hydrogens is 481 g/mol. The Labute approximate surface area is 212 Å². The van der Waals surface area contributed by atoms with Gasteiger partial charge in [-0.25, -0.2) is 19.0 Å². The highest BCUT2D eigenvalue weighted by Crippen LogP contribution is 2.36. The zero-order valence-electron chi connectivity index (χ0n) is 20.9. The van der Waals surface area contributed by atoms with Crippen molar-refractivity contribution >= 4 is 38.6 Å². The number of aromatic nitrogens is 2. The molecule has 1 fully saturated rings. The highest BCUT2D eigenvalue weighted by molar-refractivity contribution is 7.23. The van der Waals surface area contributed by atoms with E-state index in [-0.39, 0.29) is 23.9 Å². The first kappa shape index (κ1) is 24.2. The lowest BCUT2D eigenvalue weighted by molar-refractivity contribution is 0.0224. The number of likely N-dealkylation sites (tertiary alicyclic amines) is 1. The average Bonchev–Trinajstić information content (AvgIpc) is 3.52. The van der Waals surface area contributed by atoms with Gasteiger partial charge in [0.25, 0.3) is 0 Å². The minimum absolute atomic E-state index is 0.218. The van der Waals surface area contributed by atoms with Crippen LogP contribution < -0.4 is 0 Å². The van der Waals surface area contributed by atoms with Crippen LogP contribution in [0, 0.1) is 12.7 Å². The van der Waals surface area contributed by atoms with Gasteiger partial charge in [-0.2, -0.15) is 0 Å². The minimum Gasteiger partial charge on any atom is -0.465 e. The Morgan fingerprint density at radius 3 is 2.67 bits per heavy atom. The third kappa shape index (κ3) is 4.32. The summed E-state index contributed by atoms with van der Waals surface area (Å²) in [7, 11) is 1.36.